The number of allylic oxidation sites excluding steroid dienone is 8. The molecular formula is C39H50N2. The Morgan fingerprint density at radius 1 is 0.463 bits per heavy atom. The fourth-order valence-corrected chi connectivity index (χ4v) is 9.16. The number of hydrogen-bond acceptors (Lipinski definition) is 0. The van der Waals surface area contributed by atoms with E-state index in [0.717, 1.165) is 51.4 Å². The van der Waals surface area contributed by atoms with Crippen LogP contribution in [0.4, 0.5) is 0 Å². The lowest BCUT2D eigenvalue weighted by Crippen LogP contribution is -2.19. The summed E-state index contributed by atoms with van der Waals surface area (Å²) in [6.45, 7) is 18.9. The minimum absolute atomic E-state index is 0.351. The van der Waals surface area contributed by atoms with E-state index in [9.17, 15) is 0 Å². The molecular weight excluding hydrogens is 496 g/mol. The highest BCUT2D eigenvalue weighted by molar-refractivity contribution is 5.83. The molecule has 2 aliphatic carbocycles. The molecule has 0 radical (unpaired) electrons. The molecule has 4 heterocycles. The monoisotopic (exact) mass is 546 g/mol. The summed E-state index contributed by atoms with van der Waals surface area (Å²) in [6.07, 6.45) is 19.1. The number of aromatic amines is 1. The second kappa shape index (κ2) is 10.7. The van der Waals surface area contributed by atoms with E-state index in [4.69, 9.17) is 0 Å². The molecule has 216 valence electrons. The van der Waals surface area contributed by atoms with Gasteiger partial charge in [0.2, 0.25) is 0 Å². The predicted molar refractivity (Wildman–Crippen MR) is 178 cm³/mol. The highest BCUT2D eigenvalue weighted by Gasteiger charge is 2.46. The van der Waals surface area contributed by atoms with Crippen molar-refractivity contribution in [3.8, 4) is 0 Å². The molecule has 2 nitrogen and oxygen atoms in total. The van der Waals surface area contributed by atoms with Gasteiger partial charge < -0.3 is 9.55 Å². The molecule has 0 fully saturated rings. The minimum Gasteiger partial charge on any atom is -0.355 e. The van der Waals surface area contributed by atoms with Gasteiger partial charge in [-0.2, -0.15) is 0 Å². The van der Waals surface area contributed by atoms with Crippen molar-refractivity contribution in [3.05, 3.63) is 89.6 Å². The second-order valence-corrected chi connectivity index (χ2v) is 12.3. The summed E-state index contributed by atoms with van der Waals surface area (Å²) in [5.41, 5.74) is 24.3. The van der Waals surface area contributed by atoms with Crippen LogP contribution < -0.4 is 0 Å². The third-order valence-corrected chi connectivity index (χ3v) is 10.8. The van der Waals surface area contributed by atoms with Gasteiger partial charge in [0.15, 0.2) is 0 Å². The van der Waals surface area contributed by atoms with Gasteiger partial charge in [0, 0.05) is 41.7 Å². The maximum Gasteiger partial charge on any atom is 0.0447 e. The Kier molecular flexibility index (Phi) is 7.33. The number of hydrogen-bond donors (Lipinski definition) is 1. The SMILES string of the molecule is CCC1=C(CC)C2=C/c3c(CC)c(CC)c(n3C)/C=C3C(CC)=C(CC)/C4=C/c5[nH]c(c(CC)c5CC)/C=C/1C\2C4/3. The van der Waals surface area contributed by atoms with Gasteiger partial charge in [0.25, 0.3) is 0 Å². The van der Waals surface area contributed by atoms with Gasteiger partial charge in [-0.25, -0.2) is 0 Å². The van der Waals surface area contributed by atoms with E-state index in [-0.39, 0.29) is 0 Å². The van der Waals surface area contributed by atoms with E-state index in [0.29, 0.717) is 11.8 Å². The highest BCUT2D eigenvalue weighted by Crippen LogP contribution is 2.59. The van der Waals surface area contributed by atoms with Crippen LogP contribution in [0.5, 0.6) is 0 Å². The largest absolute Gasteiger partial charge is 0.355 e. The normalized spacial score (nSPS) is 26.1. The molecule has 0 amide bonds. The maximum absolute atomic E-state index is 3.97. The number of H-pyrrole nitrogens is 1. The molecule has 0 aromatic carbocycles. The Bertz CT molecular complexity index is 1500. The molecule has 2 unspecified atom stereocenters. The fraction of sp³-hybridized carbons (Fsp3) is 0.487. The van der Waals surface area contributed by atoms with E-state index in [1.807, 2.05) is 0 Å². The van der Waals surface area contributed by atoms with Gasteiger partial charge in [-0.1, -0.05) is 55.4 Å². The van der Waals surface area contributed by atoms with E-state index in [1.54, 1.807) is 55.7 Å². The summed E-state index contributed by atoms with van der Waals surface area (Å²) in [7, 11) is 2.32. The van der Waals surface area contributed by atoms with Crippen LogP contribution in [0, 0.1) is 11.8 Å². The lowest BCUT2D eigenvalue weighted by Gasteiger charge is -2.29. The lowest BCUT2D eigenvalue weighted by molar-refractivity contribution is 0.605. The number of aromatic nitrogens is 2. The third-order valence-electron chi connectivity index (χ3n) is 10.8. The van der Waals surface area contributed by atoms with Crippen molar-refractivity contribution in [2.45, 2.75) is 107 Å². The zero-order chi connectivity index (χ0) is 29.2. The molecule has 2 aromatic rings. The quantitative estimate of drug-likeness (QED) is 0.340. The molecule has 2 atom stereocenters. The van der Waals surface area contributed by atoms with Crippen LogP contribution in [-0.2, 0) is 32.7 Å². The van der Waals surface area contributed by atoms with Crippen LogP contribution in [-0.4, -0.2) is 9.55 Å². The molecule has 2 aliphatic heterocycles. The van der Waals surface area contributed by atoms with Gasteiger partial charge >= 0.3 is 0 Å². The molecule has 4 bridgehead atoms. The Hall–Kier alpha value is -3.00. The highest BCUT2D eigenvalue weighted by atomic mass is 15.0. The third kappa shape index (κ3) is 3.81. The van der Waals surface area contributed by atoms with Crippen LogP contribution in [0.2, 0.25) is 0 Å². The van der Waals surface area contributed by atoms with Crippen molar-refractivity contribution in [2.24, 2.45) is 18.9 Å². The molecule has 0 saturated carbocycles. The second-order valence-electron chi connectivity index (χ2n) is 12.3. The first-order valence-electron chi connectivity index (χ1n) is 16.7. The van der Waals surface area contributed by atoms with Crippen molar-refractivity contribution in [2.75, 3.05) is 0 Å². The van der Waals surface area contributed by atoms with Crippen molar-refractivity contribution in [1.82, 2.24) is 9.55 Å². The van der Waals surface area contributed by atoms with E-state index in [1.165, 1.54) is 33.9 Å². The zero-order valence-electron chi connectivity index (χ0n) is 27.1. The van der Waals surface area contributed by atoms with Gasteiger partial charge in [-0.15, -0.1) is 0 Å². The summed E-state index contributed by atoms with van der Waals surface area (Å²) < 4.78 is 2.53. The Morgan fingerprint density at radius 2 is 0.780 bits per heavy atom. The summed E-state index contributed by atoms with van der Waals surface area (Å²) in [4.78, 5) is 3.97. The van der Waals surface area contributed by atoms with Crippen LogP contribution in [0.25, 0.3) is 24.3 Å². The summed E-state index contributed by atoms with van der Waals surface area (Å²) in [6, 6.07) is 0. The molecule has 1 N–H and O–H groups in total. The van der Waals surface area contributed by atoms with Crippen molar-refractivity contribution < 1.29 is 0 Å². The van der Waals surface area contributed by atoms with Crippen LogP contribution in [0.3, 0.4) is 0 Å². The summed E-state index contributed by atoms with van der Waals surface area (Å²) in [5.74, 6) is 0.703. The molecule has 6 rings (SSSR count). The van der Waals surface area contributed by atoms with Gasteiger partial charge in [0.05, 0.1) is 0 Å². The molecule has 0 spiro atoms. The average molecular weight is 547 g/mol. The minimum atomic E-state index is 0.351. The molecule has 2 heteroatoms. The summed E-state index contributed by atoms with van der Waals surface area (Å²) in [5, 5.41) is 0. The van der Waals surface area contributed by atoms with E-state index >= 15 is 0 Å². The molecule has 0 saturated heterocycles. The van der Waals surface area contributed by atoms with Crippen LogP contribution in [0.1, 0.15) is 126 Å². The first-order valence-corrected chi connectivity index (χ1v) is 16.7. The number of fused-ring (bicyclic) bond motifs is 4. The number of nitrogens with zero attached hydrogens (tertiary/aromatic N) is 1. The fourth-order valence-electron chi connectivity index (χ4n) is 9.16. The zero-order valence-corrected chi connectivity index (χ0v) is 27.1. The van der Waals surface area contributed by atoms with Gasteiger partial charge in [-0.3, -0.25) is 0 Å². The molecule has 4 aliphatic rings. The van der Waals surface area contributed by atoms with Crippen molar-refractivity contribution >= 4 is 24.3 Å². The summed E-state index contributed by atoms with van der Waals surface area (Å²) >= 11 is 0. The van der Waals surface area contributed by atoms with Crippen molar-refractivity contribution in [1.29, 1.82) is 0 Å². The van der Waals surface area contributed by atoms with Gasteiger partial charge in [0.1, 0.15) is 0 Å². The average Bonchev–Trinajstić information content (AvgIpc) is 3.66. The molecule has 2 aromatic heterocycles. The van der Waals surface area contributed by atoms with Crippen LogP contribution >= 0.6 is 0 Å². The number of nitrogens with one attached hydrogen (secondary N) is 1. The van der Waals surface area contributed by atoms with Crippen molar-refractivity contribution in [3.63, 3.8) is 0 Å². The maximum atomic E-state index is 3.97. The number of rotatable bonds is 8. The van der Waals surface area contributed by atoms with Crippen LogP contribution in [0.15, 0.2) is 44.6 Å². The predicted octanol–water partition coefficient (Wildman–Crippen LogP) is 10.4. The van der Waals surface area contributed by atoms with E-state index in [2.05, 4.69) is 96.3 Å². The Morgan fingerprint density at radius 3 is 1.07 bits per heavy atom. The van der Waals surface area contributed by atoms with Gasteiger partial charge in [-0.05, 0) is 143 Å². The standard InChI is InChI=1S/C39H50N2/c1-10-22-24(12-3)32-20-36-28(16-7)29(17-8)37(41(36)9)21-33-25(13-4)23(11-2)31-19-35-27(15-6)26(14-5)34(40-35)18-30(22)38(32)39(31)33/h18-21,38-40H,10-17H2,1-9H3/b30-18-,31-19-,32-20-,33-21-,34-18?,35-19?,36-20?,37-21?. The molecule has 41 heavy (non-hydrogen) atoms. The smallest absolute Gasteiger partial charge is 0.0447 e. The van der Waals surface area contributed by atoms with E-state index < -0.39 is 0 Å². The first kappa shape index (κ1) is 28.1. The lowest BCUT2D eigenvalue weighted by atomic mass is 9.73. The topological polar surface area (TPSA) is 20.7 Å². The Labute approximate surface area is 248 Å². The Balaban J connectivity index is 1.82. The first-order chi connectivity index (χ1) is 19.9.